The van der Waals surface area contributed by atoms with Gasteiger partial charge < -0.3 is 4.72 Å². The van der Waals surface area contributed by atoms with Gasteiger partial charge in [0.1, 0.15) is 11.6 Å². The second-order valence-corrected chi connectivity index (χ2v) is 4.38. The topological polar surface area (TPSA) is 15.3 Å². The van der Waals surface area contributed by atoms with E-state index in [0.29, 0.717) is 5.69 Å². The van der Waals surface area contributed by atoms with E-state index in [4.69, 9.17) is 0 Å². The Labute approximate surface area is 102 Å². The summed E-state index contributed by atoms with van der Waals surface area (Å²) in [4.78, 5) is 0. The number of nitrogens with zero attached hydrogens (tertiary/aromatic N) is 1. The second kappa shape index (κ2) is 3.92. The molecule has 5 heteroatoms. The highest BCUT2D eigenvalue weighted by molar-refractivity contribution is 8.02. The predicted octanol–water partition coefficient (Wildman–Crippen LogP) is 4.09. The lowest BCUT2D eigenvalue weighted by Gasteiger charge is -2.15. The van der Waals surface area contributed by atoms with Crippen LogP contribution in [0.3, 0.4) is 0 Å². The average Bonchev–Trinajstić information content (AvgIpc) is 2.71. The first-order valence-corrected chi connectivity index (χ1v) is 5.79. The summed E-state index contributed by atoms with van der Waals surface area (Å²) in [6.45, 7) is 0. The van der Waals surface area contributed by atoms with Crippen LogP contribution in [-0.4, -0.2) is 0 Å². The van der Waals surface area contributed by atoms with Crippen LogP contribution < -0.4 is 9.03 Å². The standard InChI is InChI=1S/C12H8F2N2S/c13-8-5-9(14)7-10(6-8)16-12-4-2-1-3-11(12)15-17-16/h1-7,15H. The van der Waals surface area contributed by atoms with Gasteiger partial charge in [-0.1, -0.05) is 12.1 Å². The zero-order valence-electron chi connectivity index (χ0n) is 8.65. The molecular formula is C12H8F2N2S. The van der Waals surface area contributed by atoms with Crippen molar-refractivity contribution in [2.75, 3.05) is 9.03 Å². The number of rotatable bonds is 1. The first-order valence-electron chi connectivity index (χ1n) is 5.02. The van der Waals surface area contributed by atoms with Gasteiger partial charge in [0.2, 0.25) is 0 Å². The number of hydrogen-bond donors (Lipinski definition) is 1. The maximum absolute atomic E-state index is 13.2. The number of fused-ring (bicyclic) bond motifs is 1. The number of para-hydroxylation sites is 2. The van der Waals surface area contributed by atoms with Crippen LogP contribution in [0.15, 0.2) is 42.5 Å². The zero-order valence-corrected chi connectivity index (χ0v) is 9.47. The highest BCUT2D eigenvalue weighted by atomic mass is 32.2. The van der Waals surface area contributed by atoms with Crippen LogP contribution >= 0.6 is 12.1 Å². The molecule has 0 bridgehead atoms. The summed E-state index contributed by atoms with van der Waals surface area (Å²) in [5, 5.41) is 0. The molecule has 1 heterocycles. The number of nitrogens with one attached hydrogen (secondary N) is 1. The molecule has 0 atom stereocenters. The fourth-order valence-corrected chi connectivity index (χ4v) is 2.56. The van der Waals surface area contributed by atoms with E-state index in [-0.39, 0.29) is 0 Å². The summed E-state index contributed by atoms with van der Waals surface area (Å²) in [7, 11) is 0. The molecule has 17 heavy (non-hydrogen) atoms. The van der Waals surface area contributed by atoms with Crippen molar-refractivity contribution in [2.24, 2.45) is 0 Å². The average molecular weight is 250 g/mol. The summed E-state index contributed by atoms with van der Waals surface area (Å²) in [5.41, 5.74) is 2.30. The molecule has 2 nitrogen and oxygen atoms in total. The van der Waals surface area contributed by atoms with Crippen LogP contribution in [0.25, 0.3) is 0 Å². The Morgan fingerprint density at radius 2 is 1.71 bits per heavy atom. The van der Waals surface area contributed by atoms with Crippen molar-refractivity contribution in [3.63, 3.8) is 0 Å². The van der Waals surface area contributed by atoms with Crippen molar-refractivity contribution in [1.82, 2.24) is 0 Å². The van der Waals surface area contributed by atoms with Gasteiger partial charge in [-0.2, -0.15) is 0 Å². The third-order valence-electron chi connectivity index (χ3n) is 2.45. The Hall–Kier alpha value is -1.75. The van der Waals surface area contributed by atoms with Gasteiger partial charge in [-0.15, -0.1) is 0 Å². The molecule has 0 radical (unpaired) electrons. The summed E-state index contributed by atoms with van der Waals surface area (Å²) < 4.78 is 31.2. The molecule has 0 saturated carbocycles. The number of hydrogen-bond acceptors (Lipinski definition) is 3. The lowest BCUT2D eigenvalue weighted by atomic mass is 10.2. The number of halogens is 2. The van der Waals surface area contributed by atoms with Crippen molar-refractivity contribution in [3.8, 4) is 0 Å². The minimum atomic E-state index is -0.579. The molecule has 1 aliphatic rings. The Bertz CT molecular complexity index is 554. The SMILES string of the molecule is Fc1cc(F)cc(N2SNc3ccccc32)c1. The third kappa shape index (κ3) is 1.82. The first-order chi connectivity index (χ1) is 8.24. The van der Waals surface area contributed by atoms with E-state index in [2.05, 4.69) is 4.72 Å². The van der Waals surface area contributed by atoms with E-state index < -0.39 is 11.6 Å². The normalized spacial score (nSPS) is 13.4. The van der Waals surface area contributed by atoms with Gasteiger partial charge in [0.05, 0.1) is 29.2 Å². The minimum Gasteiger partial charge on any atom is -0.310 e. The minimum absolute atomic E-state index is 0.477. The Kier molecular flexibility index (Phi) is 2.40. The fraction of sp³-hybridized carbons (Fsp3) is 0. The molecule has 0 spiro atoms. The van der Waals surface area contributed by atoms with Crippen molar-refractivity contribution < 1.29 is 8.78 Å². The highest BCUT2D eigenvalue weighted by Crippen LogP contribution is 2.44. The van der Waals surface area contributed by atoms with E-state index in [9.17, 15) is 8.78 Å². The van der Waals surface area contributed by atoms with E-state index in [0.717, 1.165) is 17.4 Å². The van der Waals surface area contributed by atoms with E-state index >= 15 is 0 Å². The Morgan fingerprint density at radius 1 is 1.00 bits per heavy atom. The van der Waals surface area contributed by atoms with Crippen molar-refractivity contribution in [3.05, 3.63) is 54.1 Å². The van der Waals surface area contributed by atoms with Crippen molar-refractivity contribution >= 4 is 29.2 Å². The quantitative estimate of drug-likeness (QED) is 0.767. The van der Waals surface area contributed by atoms with Gasteiger partial charge in [0.25, 0.3) is 0 Å². The molecule has 0 aromatic heterocycles. The summed E-state index contributed by atoms with van der Waals surface area (Å²) in [5.74, 6) is -1.16. The summed E-state index contributed by atoms with van der Waals surface area (Å²) in [6.07, 6.45) is 0. The van der Waals surface area contributed by atoms with Crippen LogP contribution in [-0.2, 0) is 0 Å². The molecule has 1 aliphatic heterocycles. The second-order valence-electron chi connectivity index (χ2n) is 3.63. The lowest BCUT2D eigenvalue weighted by Crippen LogP contribution is -2.03. The molecule has 3 rings (SSSR count). The molecule has 86 valence electrons. The van der Waals surface area contributed by atoms with Crippen molar-refractivity contribution in [1.29, 1.82) is 0 Å². The molecule has 0 amide bonds. The van der Waals surface area contributed by atoms with E-state index in [1.54, 1.807) is 4.31 Å². The fourth-order valence-electron chi connectivity index (χ4n) is 1.73. The van der Waals surface area contributed by atoms with Crippen LogP contribution in [0.1, 0.15) is 0 Å². The maximum Gasteiger partial charge on any atom is 0.128 e. The van der Waals surface area contributed by atoms with E-state index in [1.165, 1.54) is 24.3 Å². The third-order valence-corrected chi connectivity index (χ3v) is 3.35. The molecular weight excluding hydrogens is 242 g/mol. The van der Waals surface area contributed by atoms with Crippen LogP contribution in [0, 0.1) is 11.6 Å². The molecule has 0 unspecified atom stereocenters. The van der Waals surface area contributed by atoms with Crippen molar-refractivity contribution in [2.45, 2.75) is 0 Å². The Morgan fingerprint density at radius 3 is 2.47 bits per heavy atom. The molecule has 2 aromatic carbocycles. The van der Waals surface area contributed by atoms with Gasteiger partial charge in [-0.25, -0.2) is 8.78 Å². The molecule has 0 aliphatic carbocycles. The largest absolute Gasteiger partial charge is 0.310 e. The zero-order chi connectivity index (χ0) is 11.8. The summed E-state index contributed by atoms with van der Waals surface area (Å²) >= 11 is 1.29. The first kappa shape index (κ1) is 10.4. The van der Waals surface area contributed by atoms with Gasteiger partial charge in [-0.3, -0.25) is 4.31 Å². The summed E-state index contributed by atoms with van der Waals surface area (Å²) in [6, 6.07) is 11.1. The number of anilines is 3. The molecule has 0 saturated heterocycles. The van der Waals surface area contributed by atoms with Crippen LogP contribution in [0.5, 0.6) is 0 Å². The predicted molar refractivity (Wildman–Crippen MR) is 66.2 cm³/mol. The Balaban J connectivity index is 2.06. The van der Waals surface area contributed by atoms with Crippen LogP contribution in [0.4, 0.5) is 25.8 Å². The smallest absolute Gasteiger partial charge is 0.128 e. The van der Waals surface area contributed by atoms with Gasteiger partial charge in [-0.05, 0) is 24.3 Å². The van der Waals surface area contributed by atoms with Gasteiger partial charge in [0.15, 0.2) is 0 Å². The number of benzene rings is 2. The van der Waals surface area contributed by atoms with Gasteiger partial charge >= 0.3 is 0 Å². The lowest BCUT2D eigenvalue weighted by molar-refractivity contribution is 0.584. The highest BCUT2D eigenvalue weighted by Gasteiger charge is 2.21. The molecule has 1 N–H and O–H groups in total. The maximum atomic E-state index is 13.2. The molecule has 0 fully saturated rings. The van der Waals surface area contributed by atoms with E-state index in [1.807, 2.05) is 24.3 Å². The monoisotopic (exact) mass is 250 g/mol. The van der Waals surface area contributed by atoms with Crippen LogP contribution in [0.2, 0.25) is 0 Å². The van der Waals surface area contributed by atoms with Gasteiger partial charge in [0, 0.05) is 6.07 Å². The molecule has 2 aromatic rings.